The van der Waals surface area contributed by atoms with Crippen LogP contribution >= 0.6 is 9.24 Å². The molecule has 2 aromatic rings. The van der Waals surface area contributed by atoms with E-state index in [9.17, 15) is 9.59 Å². The Hall–Kier alpha value is -2.39. The highest BCUT2D eigenvalue weighted by Gasteiger charge is 2.44. The van der Waals surface area contributed by atoms with Crippen molar-refractivity contribution in [1.29, 1.82) is 0 Å². The predicted molar refractivity (Wildman–Crippen MR) is 87.2 cm³/mol. The van der Waals surface area contributed by atoms with Crippen molar-refractivity contribution in [2.24, 2.45) is 0 Å². The second-order valence-electron chi connectivity index (χ2n) is 5.09. The lowest BCUT2D eigenvalue weighted by molar-refractivity contribution is -0.140. The zero-order chi connectivity index (χ0) is 16.2. The number of hydrogen-bond donors (Lipinski definition) is 0. The van der Waals surface area contributed by atoms with Gasteiger partial charge >= 0.3 is 12.1 Å². The standard InChI is InChI=1S/C17H16NO4P/c19-15-14(13-9-5-2-6-10-13)18(17(23)22-15)16(20)21-11-12-7-3-1-4-8-12/h1-10,14,17H,11,23H2/t14-,17+/m0/s1. The summed E-state index contributed by atoms with van der Waals surface area (Å²) in [5.74, 6) is -1.20. The monoisotopic (exact) mass is 329 g/mol. The average molecular weight is 329 g/mol. The topological polar surface area (TPSA) is 55.8 Å². The second-order valence-corrected chi connectivity index (χ2v) is 5.66. The zero-order valence-electron chi connectivity index (χ0n) is 12.3. The molecule has 3 rings (SSSR count). The van der Waals surface area contributed by atoms with Crippen LogP contribution in [0.2, 0.25) is 0 Å². The van der Waals surface area contributed by atoms with Crippen LogP contribution in [0.3, 0.4) is 0 Å². The van der Waals surface area contributed by atoms with Crippen molar-refractivity contribution >= 4 is 21.3 Å². The van der Waals surface area contributed by atoms with Crippen molar-refractivity contribution in [3.8, 4) is 0 Å². The lowest BCUT2D eigenvalue weighted by atomic mass is 10.1. The van der Waals surface area contributed by atoms with Crippen LogP contribution in [0.25, 0.3) is 0 Å². The van der Waals surface area contributed by atoms with E-state index in [4.69, 9.17) is 9.47 Å². The minimum absolute atomic E-state index is 0.142. The van der Waals surface area contributed by atoms with E-state index >= 15 is 0 Å². The molecule has 0 bridgehead atoms. The van der Waals surface area contributed by atoms with Crippen molar-refractivity contribution in [2.75, 3.05) is 0 Å². The Labute approximate surface area is 136 Å². The molecule has 1 heterocycles. The van der Waals surface area contributed by atoms with Gasteiger partial charge in [-0.3, -0.25) is 4.90 Å². The molecule has 5 nitrogen and oxygen atoms in total. The molecule has 0 spiro atoms. The molecule has 6 heteroatoms. The third-order valence-electron chi connectivity index (χ3n) is 3.54. The fraction of sp³-hybridized carbons (Fsp3) is 0.176. The number of hydrogen-bond acceptors (Lipinski definition) is 4. The van der Waals surface area contributed by atoms with E-state index in [2.05, 4.69) is 9.24 Å². The van der Waals surface area contributed by atoms with E-state index in [1.165, 1.54) is 4.90 Å². The quantitative estimate of drug-likeness (QED) is 0.641. The zero-order valence-corrected chi connectivity index (χ0v) is 13.4. The van der Waals surface area contributed by atoms with Gasteiger partial charge in [0, 0.05) is 0 Å². The number of esters is 1. The first kappa shape index (κ1) is 15.5. The largest absolute Gasteiger partial charge is 0.444 e. The molecule has 1 amide bonds. The van der Waals surface area contributed by atoms with Crippen LogP contribution in [0, 0.1) is 0 Å². The first-order valence-electron chi connectivity index (χ1n) is 7.17. The highest BCUT2D eigenvalue weighted by atomic mass is 31.0. The molecule has 2 aromatic carbocycles. The predicted octanol–water partition coefficient (Wildman–Crippen LogP) is 3.08. The molecular formula is C17H16NO4P. The normalized spacial score (nSPS) is 20.2. The van der Waals surface area contributed by atoms with Gasteiger partial charge in [0.15, 0.2) is 12.0 Å². The molecule has 1 aliphatic rings. The Morgan fingerprint density at radius 1 is 1.09 bits per heavy atom. The van der Waals surface area contributed by atoms with Gasteiger partial charge in [0.2, 0.25) is 0 Å². The van der Waals surface area contributed by atoms with Crippen molar-refractivity contribution in [3.05, 3.63) is 71.8 Å². The number of cyclic esters (lactones) is 1. The van der Waals surface area contributed by atoms with Crippen molar-refractivity contribution in [3.63, 3.8) is 0 Å². The first-order chi connectivity index (χ1) is 11.2. The lowest BCUT2D eigenvalue weighted by Crippen LogP contribution is -2.36. The fourth-order valence-electron chi connectivity index (χ4n) is 2.44. The van der Waals surface area contributed by atoms with Crippen LogP contribution in [-0.2, 0) is 20.9 Å². The number of nitrogens with zero attached hydrogens (tertiary/aromatic N) is 1. The van der Waals surface area contributed by atoms with E-state index in [1.54, 1.807) is 12.1 Å². The minimum atomic E-state index is -0.790. The van der Waals surface area contributed by atoms with Gasteiger partial charge in [-0.25, -0.2) is 9.59 Å². The number of ether oxygens (including phenoxy) is 2. The highest BCUT2D eigenvalue weighted by molar-refractivity contribution is 7.17. The van der Waals surface area contributed by atoms with Gasteiger partial charge in [-0.15, -0.1) is 0 Å². The Morgan fingerprint density at radius 3 is 2.35 bits per heavy atom. The molecule has 0 radical (unpaired) electrons. The maximum atomic E-state index is 12.4. The van der Waals surface area contributed by atoms with E-state index < -0.39 is 24.1 Å². The van der Waals surface area contributed by atoms with Crippen molar-refractivity contribution < 1.29 is 19.1 Å². The molecule has 0 N–H and O–H groups in total. The average Bonchev–Trinajstić information content (AvgIpc) is 2.88. The van der Waals surface area contributed by atoms with Crippen LogP contribution in [0.4, 0.5) is 4.79 Å². The number of amides is 1. The van der Waals surface area contributed by atoms with E-state index in [0.29, 0.717) is 5.56 Å². The van der Waals surface area contributed by atoms with Gasteiger partial charge in [0.05, 0.1) is 0 Å². The van der Waals surface area contributed by atoms with Crippen molar-refractivity contribution in [2.45, 2.75) is 18.6 Å². The summed E-state index contributed by atoms with van der Waals surface area (Å²) in [6, 6.07) is 17.6. The molecule has 0 aromatic heterocycles. The Bertz CT molecular complexity index is 692. The molecular weight excluding hydrogens is 313 g/mol. The number of carbonyl (C=O) groups excluding carboxylic acids is 2. The maximum absolute atomic E-state index is 12.4. The van der Waals surface area contributed by atoms with Crippen LogP contribution in [0.1, 0.15) is 17.2 Å². The molecule has 0 saturated carbocycles. The van der Waals surface area contributed by atoms with Gasteiger partial charge in [-0.2, -0.15) is 0 Å². The van der Waals surface area contributed by atoms with Crippen LogP contribution in [-0.4, -0.2) is 22.9 Å². The van der Waals surface area contributed by atoms with Gasteiger partial charge in [-0.05, 0) is 11.1 Å². The van der Waals surface area contributed by atoms with Gasteiger partial charge in [0.25, 0.3) is 0 Å². The van der Waals surface area contributed by atoms with E-state index in [1.807, 2.05) is 48.5 Å². The molecule has 1 unspecified atom stereocenters. The number of carbonyl (C=O) groups is 2. The minimum Gasteiger partial charge on any atom is -0.444 e. The lowest BCUT2D eigenvalue weighted by Gasteiger charge is -2.23. The van der Waals surface area contributed by atoms with Gasteiger partial charge in [0.1, 0.15) is 6.61 Å². The summed E-state index contributed by atoms with van der Waals surface area (Å²) in [6.07, 6.45) is -0.589. The Kier molecular flexibility index (Phi) is 4.58. The summed E-state index contributed by atoms with van der Waals surface area (Å²) in [5, 5.41) is 0. The first-order valence-corrected chi connectivity index (χ1v) is 7.83. The summed E-state index contributed by atoms with van der Waals surface area (Å²) >= 11 is 0. The summed E-state index contributed by atoms with van der Waals surface area (Å²) in [6.45, 7) is 0.142. The molecule has 1 saturated heterocycles. The summed E-state index contributed by atoms with van der Waals surface area (Å²) < 4.78 is 10.5. The van der Waals surface area contributed by atoms with Crippen molar-refractivity contribution in [1.82, 2.24) is 4.90 Å². The fourth-order valence-corrected chi connectivity index (χ4v) is 2.86. The molecule has 0 aliphatic carbocycles. The summed E-state index contributed by atoms with van der Waals surface area (Å²) in [7, 11) is 2.34. The van der Waals surface area contributed by atoms with Crippen LogP contribution in [0.5, 0.6) is 0 Å². The van der Waals surface area contributed by atoms with Gasteiger partial charge in [-0.1, -0.05) is 69.9 Å². The SMILES string of the molecule is O=C1O[C@H](P)N(C(=O)OCc2ccccc2)[C@H]1c1ccccc1. The molecule has 3 atom stereocenters. The number of benzene rings is 2. The molecule has 1 aliphatic heterocycles. The van der Waals surface area contributed by atoms with Crippen LogP contribution in [0.15, 0.2) is 60.7 Å². The van der Waals surface area contributed by atoms with E-state index in [-0.39, 0.29) is 6.61 Å². The van der Waals surface area contributed by atoms with Gasteiger partial charge < -0.3 is 9.47 Å². The second kappa shape index (κ2) is 6.80. The smallest absolute Gasteiger partial charge is 0.414 e. The molecule has 23 heavy (non-hydrogen) atoms. The third kappa shape index (κ3) is 3.35. The third-order valence-corrected chi connectivity index (χ3v) is 4.00. The van der Waals surface area contributed by atoms with E-state index in [0.717, 1.165) is 5.56 Å². The maximum Gasteiger partial charge on any atom is 0.414 e. The number of rotatable bonds is 3. The van der Waals surface area contributed by atoms with Crippen LogP contribution < -0.4 is 0 Å². The Balaban J connectivity index is 1.76. The summed E-state index contributed by atoms with van der Waals surface area (Å²) in [4.78, 5) is 25.8. The Morgan fingerprint density at radius 2 is 1.70 bits per heavy atom. The summed E-state index contributed by atoms with van der Waals surface area (Å²) in [5.41, 5.74) is 1.57. The highest BCUT2D eigenvalue weighted by Crippen LogP contribution is 2.34. The molecule has 118 valence electrons. The molecule has 1 fully saturated rings.